The molecule has 0 unspecified atom stereocenters. The van der Waals surface area contributed by atoms with Crippen molar-refractivity contribution in [3.05, 3.63) is 182 Å². The van der Waals surface area contributed by atoms with Gasteiger partial charge in [-0.25, -0.2) is 0 Å². The minimum absolute atomic E-state index is 0.158. The third-order valence-electron chi connectivity index (χ3n) is 9.53. The predicted molar refractivity (Wildman–Crippen MR) is 208 cm³/mol. The van der Waals surface area contributed by atoms with Gasteiger partial charge in [-0.1, -0.05) is 170 Å². The van der Waals surface area contributed by atoms with Crippen LogP contribution in [0, 0.1) is 0 Å². The Hall–Kier alpha value is -6.44. The minimum atomic E-state index is -0.445. The van der Waals surface area contributed by atoms with Gasteiger partial charge in [0.15, 0.2) is 0 Å². The third kappa shape index (κ3) is 4.33. The number of hydrogen-bond donors (Lipinski definition) is 0. The molecule has 1 heterocycles. The normalized spacial score (nSPS) is 14.0. The van der Waals surface area contributed by atoms with E-state index in [0.717, 1.165) is 38.4 Å². The van der Waals surface area contributed by atoms with E-state index in [1.165, 1.54) is 0 Å². The molecule has 0 atom stereocenters. The Bertz CT molecular complexity index is 3240. The van der Waals surface area contributed by atoms with E-state index in [4.69, 9.17) is 9.90 Å². The summed E-state index contributed by atoms with van der Waals surface area (Å²) in [5.41, 5.74) is 6.53. The molecule has 0 radical (unpaired) electrons. The van der Waals surface area contributed by atoms with Gasteiger partial charge in [0.25, 0.3) is 0 Å². The first kappa shape index (κ1) is 20.7. The Balaban J connectivity index is 1.39. The maximum atomic E-state index is 9.53. The monoisotopic (exact) mass is 630 g/mol. The Morgan fingerprint density at radius 2 is 0.918 bits per heavy atom. The summed E-state index contributed by atoms with van der Waals surface area (Å²) >= 11 is 0. The second-order valence-electron chi connectivity index (χ2n) is 12.2. The zero-order valence-electron chi connectivity index (χ0n) is 34.1. The SMILES string of the molecule is [2H]c1c([2H])c([2H])c2c(-c3cccc4oc5c6ccccc6ccc5c34)c3c([2H])c([2H])c([2H])c([2H])c3c(-c3ccccc3-c3ccc(-c4ccccc4)cc3)c2c1[2H]. The number of benzene rings is 9. The molecular formula is C48H30O. The van der Waals surface area contributed by atoms with Crippen molar-refractivity contribution in [3.63, 3.8) is 0 Å². The van der Waals surface area contributed by atoms with E-state index in [0.29, 0.717) is 33.2 Å². The summed E-state index contributed by atoms with van der Waals surface area (Å²) in [4.78, 5) is 0. The molecule has 49 heavy (non-hydrogen) atoms. The van der Waals surface area contributed by atoms with Crippen molar-refractivity contribution >= 4 is 54.3 Å². The van der Waals surface area contributed by atoms with Crippen LogP contribution in [0.15, 0.2) is 186 Å². The van der Waals surface area contributed by atoms with E-state index in [1.807, 2.05) is 127 Å². The lowest BCUT2D eigenvalue weighted by molar-refractivity contribution is 0.673. The van der Waals surface area contributed by atoms with Crippen LogP contribution >= 0.6 is 0 Å². The van der Waals surface area contributed by atoms with Crippen LogP contribution in [0.5, 0.6) is 0 Å². The predicted octanol–water partition coefficient (Wildman–Crippen LogP) is 13.7. The average molecular weight is 631 g/mol. The van der Waals surface area contributed by atoms with Gasteiger partial charge in [-0.3, -0.25) is 0 Å². The summed E-state index contributed by atoms with van der Waals surface area (Å²) in [6.45, 7) is 0. The van der Waals surface area contributed by atoms with Gasteiger partial charge in [-0.05, 0) is 83.6 Å². The van der Waals surface area contributed by atoms with Gasteiger partial charge in [-0.15, -0.1) is 0 Å². The second-order valence-corrected chi connectivity index (χ2v) is 12.2. The summed E-state index contributed by atoms with van der Waals surface area (Å²) in [6, 6.07) is 39.9. The molecule has 0 fully saturated rings. The molecule has 0 aliphatic heterocycles. The standard InChI is InChI=1S/C48H30O/c1-2-13-31(14-3-1)32-25-27-34(28-26-32)35-16-6-7-18-37(35)45-38-19-8-10-21-40(38)46(41-22-11-9-20-39(41)45)42-23-12-24-44-47(42)43-30-29-33-15-4-5-17-36(33)48(43)49-44/h1-30H/i8D,9D,10D,11D,19D,20D,21D,22D. The van der Waals surface area contributed by atoms with E-state index in [-0.39, 0.29) is 51.3 Å². The molecule has 0 spiro atoms. The van der Waals surface area contributed by atoms with Gasteiger partial charge in [0.05, 0.1) is 11.0 Å². The molecule has 9 aromatic carbocycles. The highest BCUT2D eigenvalue weighted by Crippen LogP contribution is 2.48. The molecule has 0 N–H and O–H groups in total. The van der Waals surface area contributed by atoms with Gasteiger partial charge in [0.1, 0.15) is 11.2 Å². The van der Waals surface area contributed by atoms with Gasteiger partial charge < -0.3 is 4.42 Å². The average Bonchev–Trinajstić information content (AvgIpc) is 3.65. The van der Waals surface area contributed by atoms with Crippen LogP contribution < -0.4 is 0 Å². The fourth-order valence-electron chi connectivity index (χ4n) is 7.35. The zero-order chi connectivity index (χ0) is 39.3. The summed E-state index contributed by atoms with van der Waals surface area (Å²) in [7, 11) is 0. The van der Waals surface area contributed by atoms with Crippen LogP contribution in [0.2, 0.25) is 0 Å². The van der Waals surface area contributed by atoms with Crippen LogP contribution in [-0.4, -0.2) is 0 Å². The fraction of sp³-hybridized carbons (Fsp3) is 0. The topological polar surface area (TPSA) is 13.1 Å². The molecule has 10 aromatic rings. The largest absolute Gasteiger partial charge is 0.455 e. The van der Waals surface area contributed by atoms with Gasteiger partial charge in [0.2, 0.25) is 0 Å². The van der Waals surface area contributed by atoms with E-state index < -0.39 is 24.2 Å². The molecule has 0 bridgehead atoms. The summed E-state index contributed by atoms with van der Waals surface area (Å²) in [6.07, 6.45) is 0. The molecule has 0 aliphatic carbocycles. The van der Waals surface area contributed by atoms with Crippen molar-refractivity contribution in [2.75, 3.05) is 0 Å². The van der Waals surface area contributed by atoms with Gasteiger partial charge >= 0.3 is 0 Å². The second kappa shape index (κ2) is 11.1. The number of hydrogen-bond acceptors (Lipinski definition) is 1. The molecule has 0 aliphatic rings. The van der Waals surface area contributed by atoms with E-state index in [2.05, 4.69) is 0 Å². The van der Waals surface area contributed by atoms with Crippen molar-refractivity contribution in [2.45, 2.75) is 0 Å². The van der Waals surface area contributed by atoms with Crippen molar-refractivity contribution in [3.8, 4) is 44.5 Å². The Morgan fingerprint density at radius 1 is 0.367 bits per heavy atom. The molecule has 1 aromatic heterocycles. The minimum Gasteiger partial charge on any atom is -0.455 e. The molecule has 228 valence electrons. The van der Waals surface area contributed by atoms with Crippen LogP contribution in [0.3, 0.4) is 0 Å². The maximum Gasteiger partial charge on any atom is 0.143 e. The first-order valence-electron chi connectivity index (χ1n) is 20.2. The molecule has 0 amide bonds. The van der Waals surface area contributed by atoms with Crippen molar-refractivity contribution in [1.82, 2.24) is 0 Å². The Kier molecular flexibility index (Phi) is 4.69. The lowest BCUT2D eigenvalue weighted by atomic mass is 9.83. The van der Waals surface area contributed by atoms with Crippen LogP contribution in [0.4, 0.5) is 0 Å². The highest BCUT2D eigenvalue weighted by atomic mass is 16.3. The van der Waals surface area contributed by atoms with Crippen molar-refractivity contribution in [1.29, 1.82) is 0 Å². The molecule has 0 saturated carbocycles. The van der Waals surface area contributed by atoms with Crippen LogP contribution in [0.1, 0.15) is 11.0 Å². The zero-order valence-corrected chi connectivity index (χ0v) is 26.1. The van der Waals surface area contributed by atoms with E-state index in [1.54, 1.807) is 6.07 Å². The summed E-state index contributed by atoms with van der Waals surface area (Å²) in [5, 5.41) is 3.98. The fourth-order valence-corrected chi connectivity index (χ4v) is 7.35. The van der Waals surface area contributed by atoms with Crippen molar-refractivity contribution in [2.24, 2.45) is 0 Å². The first-order valence-corrected chi connectivity index (χ1v) is 16.2. The highest BCUT2D eigenvalue weighted by molar-refractivity contribution is 6.27. The molecule has 1 nitrogen and oxygen atoms in total. The summed E-state index contributed by atoms with van der Waals surface area (Å²) in [5.74, 6) is 0. The lowest BCUT2D eigenvalue weighted by Gasteiger charge is -2.20. The van der Waals surface area contributed by atoms with Crippen LogP contribution in [-0.2, 0) is 0 Å². The Morgan fingerprint density at radius 3 is 1.63 bits per heavy atom. The quantitative estimate of drug-likeness (QED) is 0.176. The number of rotatable bonds is 4. The Labute approximate surface area is 295 Å². The van der Waals surface area contributed by atoms with Crippen LogP contribution in [0.25, 0.3) is 98.8 Å². The van der Waals surface area contributed by atoms with Gasteiger partial charge in [-0.2, -0.15) is 0 Å². The molecule has 0 saturated heterocycles. The number of furan rings is 1. The molecule has 1 heteroatoms. The van der Waals surface area contributed by atoms with Gasteiger partial charge in [0, 0.05) is 16.2 Å². The smallest absolute Gasteiger partial charge is 0.143 e. The highest BCUT2D eigenvalue weighted by Gasteiger charge is 2.22. The molecule has 10 rings (SSSR count). The van der Waals surface area contributed by atoms with E-state index in [9.17, 15) is 5.48 Å². The first-order chi connectivity index (χ1) is 27.7. The van der Waals surface area contributed by atoms with Crippen molar-refractivity contribution < 1.29 is 15.4 Å². The third-order valence-corrected chi connectivity index (χ3v) is 9.53. The van der Waals surface area contributed by atoms with E-state index >= 15 is 0 Å². The summed E-state index contributed by atoms with van der Waals surface area (Å²) < 4.78 is 80.4. The molecular weight excluding hydrogens is 593 g/mol. The number of fused-ring (bicyclic) bond motifs is 7. The maximum absolute atomic E-state index is 9.53. The lowest BCUT2D eigenvalue weighted by Crippen LogP contribution is -1.93.